The number of carbonyl (C=O) groups is 1. The van der Waals surface area contributed by atoms with Crippen LogP contribution in [0.3, 0.4) is 0 Å². The van der Waals surface area contributed by atoms with Crippen LogP contribution in [0.15, 0.2) is 48.7 Å². The van der Waals surface area contributed by atoms with Gasteiger partial charge < -0.3 is 15.1 Å². The molecule has 0 atom stereocenters. The first-order valence-electron chi connectivity index (χ1n) is 8.14. The van der Waals surface area contributed by atoms with Crippen LogP contribution in [0.25, 0.3) is 10.9 Å². The standard InChI is InChI=1S/C19H17N3.C2H4O2/c1-13-5-3-4-6-15(13)10-18(21)17-12-22(2)19-8-7-14(11-20)9-16(17)19;1-2(3)4/h3-9,12,21H,10H2,1-2H3;1H3,(H,3,4). The van der Waals surface area contributed by atoms with Crippen LogP contribution in [0, 0.1) is 23.7 Å². The van der Waals surface area contributed by atoms with Crippen LogP contribution in [-0.2, 0) is 18.3 Å². The Labute approximate surface area is 152 Å². The van der Waals surface area contributed by atoms with E-state index >= 15 is 0 Å². The number of nitrogens with one attached hydrogen (secondary N) is 1. The molecule has 3 rings (SSSR count). The van der Waals surface area contributed by atoms with E-state index in [0.29, 0.717) is 17.7 Å². The lowest BCUT2D eigenvalue weighted by Crippen LogP contribution is -2.04. The van der Waals surface area contributed by atoms with Gasteiger partial charge in [-0.2, -0.15) is 5.26 Å². The van der Waals surface area contributed by atoms with Crippen molar-refractivity contribution in [2.45, 2.75) is 20.3 Å². The SMILES string of the molecule is CC(=O)O.Cc1ccccc1CC(=N)c1cn(C)c2ccc(C#N)cc12. The Hall–Kier alpha value is -3.39. The highest BCUT2D eigenvalue weighted by Gasteiger charge is 2.13. The maximum atomic E-state index is 9.09. The molecule has 5 heteroatoms. The monoisotopic (exact) mass is 347 g/mol. The number of aryl methyl sites for hydroxylation is 2. The predicted molar refractivity (Wildman–Crippen MR) is 103 cm³/mol. The number of aromatic nitrogens is 1. The summed E-state index contributed by atoms with van der Waals surface area (Å²) in [6, 6.07) is 16.0. The summed E-state index contributed by atoms with van der Waals surface area (Å²) < 4.78 is 2.01. The molecule has 0 unspecified atom stereocenters. The minimum atomic E-state index is -0.833. The molecule has 1 heterocycles. The van der Waals surface area contributed by atoms with Gasteiger partial charge in [0.2, 0.25) is 0 Å². The lowest BCUT2D eigenvalue weighted by atomic mass is 9.98. The van der Waals surface area contributed by atoms with E-state index in [-0.39, 0.29) is 0 Å². The molecule has 0 amide bonds. The third-order valence-corrected chi connectivity index (χ3v) is 4.07. The van der Waals surface area contributed by atoms with Crippen LogP contribution in [0.4, 0.5) is 0 Å². The normalized spacial score (nSPS) is 9.92. The minimum Gasteiger partial charge on any atom is -0.481 e. The second kappa shape index (κ2) is 8.13. The van der Waals surface area contributed by atoms with Gasteiger partial charge >= 0.3 is 0 Å². The van der Waals surface area contributed by atoms with Gasteiger partial charge in [-0.1, -0.05) is 24.3 Å². The van der Waals surface area contributed by atoms with Gasteiger partial charge in [-0.15, -0.1) is 0 Å². The third-order valence-electron chi connectivity index (χ3n) is 4.07. The van der Waals surface area contributed by atoms with Gasteiger partial charge in [0.15, 0.2) is 0 Å². The van der Waals surface area contributed by atoms with Gasteiger partial charge in [0.1, 0.15) is 0 Å². The summed E-state index contributed by atoms with van der Waals surface area (Å²) >= 11 is 0. The first kappa shape index (κ1) is 18.9. The van der Waals surface area contributed by atoms with Gasteiger partial charge in [-0.05, 0) is 36.2 Å². The lowest BCUT2D eigenvalue weighted by molar-refractivity contribution is -0.134. The Kier molecular flexibility index (Phi) is 5.92. The molecule has 5 nitrogen and oxygen atoms in total. The Morgan fingerprint density at radius 3 is 2.54 bits per heavy atom. The van der Waals surface area contributed by atoms with Crippen LogP contribution >= 0.6 is 0 Å². The quantitative estimate of drug-likeness (QED) is 0.700. The molecule has 0 fully saturated rings. The largest absolute Gasteiger partial charge is 0.481 e. The molecule has 0 radical (unpaired) electrons. The van der Waals surface area contributed by atoms with Gasteiger partial charge in [-0.25, -0.2) is 0 Å². The highest BCUT2D eigenvalue weighted by molar-refractivity contribution is 6.10. The second-order valence-electron chi connectivity index (χ2n) is 6.10. The van der Waals surface area contributed by atoms with E-state index in [1.54, 1.807) is 0 Å². The Morgan fingerprint density at radius 2 is 1.92 bits per heavy atom. The maximum absolute atomic E-state index is 9.09. The fraction of sp³-hybridized carbons (Fsp3) is 0.190. The Bertz CT molecular complexity index is 1010. The molecule has 0 bridgehead atoms. The van der Waals surface area contributed by atoms with Crippen molar-refractivity contribution in [1.82, 2.24) is 4.57 Å². The Morgan fingerprint density at radius 1 is 1.27 bits per heavy atom. The van der Waals surface area contributed by atoms with Crippen LogP contribution in [0.2, 0.25) is 0 Å². The summed E-state index contributed by atoms with van der Waals surface area (Å²) in [7, 11) is 1.97. The first-order chi connectivity index (χ1) is 12.3. The molecule has 0 saturated heterocycles. The number of hydrogen-bond donors (Lipinski definition) is 2. The molecule has 132 valence electrons. The first-order valence-corrected chi connectivity index (χ1v) is 8.14. The number of hydrogen-bond acceptors (Lipinski definition) is 3. The number of aliphatic carboxylic acids is 1. The van der Waals surface area contributed by atoms with Gasteiger partial charge in [0.25, 0.3) is 5.97 Å². The van der Waals surface area contributed by atoms with E-state index in [4.69, 9.17) is 20.6 Å². The van der Waals surface area contributed by atoms with Crippen molar-refractivity contribution in [3.8, 4) is 6.07 Å². The molecule has 26 heavy (non-hydrogen) atoms. The summed E-state index contributed by atoms with van der Waals surface area (Å²) in [5.41, 5.74) is 5.52. The molecular formula is C21H21N3O2. The zero-order valence-corrected chi connectivity index (χ0v) is 15.1. The van der Waals surface area contributed by atoms with Crippen molar-refractivity contribution in [2.24, 2.45) is 7.05 Å². The van der Waals surface area contributed by atoms with Crippen LogP contribution < -0.4 is 0 Å². The van der Waals surface area contributed by atoms with Crippen molar-refractivity contribution >= 4 is 22.6 Å². The molecule has 0 saturated carbocycles. The van der Waals surface area contributed by atoms with Crippen molar-refractivity contribution < 1.29 is 9.90 Å². The van der Waals surface area contributed by atoms with Crippen molar-refractivity contribution in [3.63, 3.8) is 0 Å². The fourth-order valence-electron chi connectivity index (χ4n) is 2.80. The van der Waals surface area contributed by atoms with Gasteiger partial charge in [0, 0.05) is 48.8 Å². The fourth-order valence-corrected chi connectivity index (χ4v) is 2.80. The van der Waals surface area contributed by atoms with Crippen molar-refractivity contribution in [2.75, 3.05) is 0 Å². The van der Waals surface area contributed by atoms with E-state index in [2.05, 4.69) is 25.1 Å². The Balaban J connectivity index is 0.000000552. The molecule has 3 aromatic rings. The van der Waals surface area contributed by atoms with Crippen LogP contribution in [-0.4, -0.2) is 21.4 Å². The maximum Gasteiger partial charge on any atom is 0.300 e. The molecule has 0 aliphatic rings. The van der Waals surface area contributed by atoms with E-state index in [1.807, 2.05) is 48.1 Å². The second-order valence-corrected chi connectivity index (χ2v) is 6.10. The predicted octanol–water partition coefficient (Wildman–Crippen LogP) is 4.06. The number of benzene rings is 2. The summed E-state index contributed by atoms with van der Waals surface area (Å²) in [4.78, 5) is 9.00. The zero-order valence-electron chi connectivity index (χ0n) is 15.1. The lowest BCUT2D eigenvalue weighted by Gasteiger charge is -2.06. The van der Waals surface area contributed by atoms with Crippen LogP contribution in [0.1, 0.15) is 29.2 Å². The minimum absolute atomic E-state index is 0.579. The van der Waals surface area contributed by atoms with Gasteiger partial charge in [-0.3, -0.25) is 4.79 Å². The highest BCUT2D eigenvalue weighted by Crippen LogP contribution is 2.24. The average molecular weight is 347 g/mol. The van der Waals surface area contributed by atoms with Gasteiger partial charge in [0.05, 0.1) is 11.6 Å². The topological polar surface area (TPSA) is 89.9 Å². The van der Waals surface area contributed by atoms with Crippen LogP contribution in [0.5, 0.6) is 0 Å². The number of rotatable bonds is 3. The zero-order chi connectivity index (χ0) is 19.3. The molecule has 2 N–H and O–H groups in total. The number of fused-ring (bicyclic) bond motifs is 1. The molecule has 2 aromatic carbocycles. The number of carboxylic acid groups (broad SMARTS) is 1. The summed E-state index contributed by atoms with van der Waals surface area (Å²) in [5, 5.41) is 26.0. The molecule has 0 aliphatic heterocycles. The molecule has 0 aliphatic carbocycles. The smallest absolute Gasteiger partial charge is 0.300 e. The van der Waals surface area contributed by atoms with E-state index in [9.17, 15) is 0 Å². The number of nitriles is 1. The highest BCUT2D eigenvalue weighted by atomic mass is 16.4. The van der Waals surface area contributed by atoms with E-state index in [0.717, 1.165) is 23.4 Å². The molecule has 1 aromatic heterocycles. The summed E-state index contributed by atoms with van der Waals surface area (Å²) in [5.74, 6) is -0.833. The summed E-state index contributed by atoms with van der Waals surface area (Å²) in [6.07, 6.45) is 2.58. The van der Waals surface area contributed by atoms with Crippen molar-refractivity contribution in [1.29, 1.82) is 10.7 Å². The summed E-state index contributed by atoms with van der Waals surface area (Å²) in [6.45, 7) is 3.15. The van der Waals surface area contributed by atoms with Crippen molar-refractivity contribution in [3.05, 3.63) is 70.9 Å². The molecular weight excluding hydrogens is 326 g/mol. The number of carboxylic acids is 1. The van der Waals surface area contributed by atoms with E-state index in [1.165, 1.54) is 11.1 Å². The number of nitrogens with zero attached hydrogens (tertiary/aromatic N) is 2. The molecule has 0 spiro atoms. The third kappa shape index (κ3) is 4.37. The average Bonchev–Trinajstić information content (AvgIpc) is 2.93. The van der Waals surface area contributed by atoms with E-state index < -0.39 is 5.97 Å².